The molecule has 0 unspecified atom stereocenters. The van der Waals surface area contributed by atoms with Crippen LogP contribution in [0.2, 0.25) is 5.15 Å². The molecular weight excluding hydrogens is 432 g/mol. The molecule has 0 N–H and O–H groups in total. The lowest BCUT2D eigenvalue weighted by atomic mass is 10.1. The average Bonchev–Trinajstić information content (AvgIpc) is 2.76. The van der Waals surface area contributed by atoms with Gasteiger partial charge in [0.25, 0.3) is 0 Å². The van der Waals surface area contributed by atoms with Crippen molar-refractivity contribution in [1.29, 1.82) is 0 Å². The van der Waals surface area contributed by atoms with Gasteiger partial charge in [-0.05, 0) is 12.1 Å². The first kappa shape index (κ1) is 15.5. The van der Waals surface area contributed by atoms with E-state index in [9.17, 15) is 13.2 Å². The standard InChI is InChI=1S/C13H7ClF3IN4/c1-22-10(6-3-2-4-7(5-6)13(15,16)17)19-8-9(14)20-12(18)21-11(8)22/h2-5H,1H3. The molecule has 2 aromatic heterocycles. The van der Waals surface area contributed by atoms with E-state index in [1.54, 1.807) is 17.7 Å². The fourth-order valence-electron chi connectivity index (χ4n) is 2.10. The molecule has 0 saturated carbocycles. The van der Waals surface area contributed by atoms with E-state index in [0.29, 0.717) is 26.4 Å². The number of hydrogen-bond acceptors (Lipinski definition) is 3. The van der Waals surface area contributed by atoms with Gasteiger partial charge in [-0.25, -0.2) is 15.0 Å². The molecule has 22 heavy (non-hydrogen) atoms. The number of halogens is 5. The maximum absolute atomic E-state index is 12.8. The summed E-state index contributed by atoms with van der Waals surface area (Å²) >= 11 is 7.94. The highest BCUT2D eigenvalue weighted by Crippen LogP contribution is 2.33. The summed E-state index contributed by atoms with van der Waals surface area (Å²) in [6.07, 6.45) is -4.41. The van der Waals surface area contributed by atoms with E-state index in [0.717, 1.165) is 12.1 Å². The van der Waals surface area contributed by atoms with Crippen LogP contribution in [0.25, 0.3) is 22.6 Å². The van der Waals surface area contributed by atoms with E-state index < -0.39 is 11.7 Å². The highest BCUT2D eigenvalue weighted by molar-refractivity contribution is 14.1. The van der Waals surface area contributed by atoms with Gasteiger partial charge in [0.2, 0.25) is 0 Å². The molecule has 3 rings (SSSR count). The molecule has 3 aromatic rings. The lowest BCUT2D eigenvalue weighted by Gasteiger charge is -2.08. The predicted octanol–water partition coefficient (Wildman–Crippen LogP) is 4.31. The van der Waals surface area contributed by atoms with Gasteiger partial charge in [0, 0.05) is 35.2 Å². The molecule has 9 heteroatoms. The first-order valence-corrected chi connectivity index (χ1v) is 7.46. The second-order valence-electron chi connectivity index (χ2n) is 4.53. The van der Waals surface area contributed by atoms with Gasteiger partial charge in [0.15, 0.2) is 14.6 Å². The van der Waals surface area contributed by atoms with Crippen molar-refractivity contribution in [2.24, 2.45) is 7.05 Å². The van der Waals surface area contributed by atoms with Crippen LogP contribution in [0, 0.1) is 3.83 Å². The smallest absolute Gasteiger partial charge is 0.312 e. The van der Waals surface area contributed by atoms with Crippen molar-refractivity contribution in [3.05, 3.63) is 38.8 Å². The zero-order valence-electron chi connectivity index (χ0n) is 11.0. The van der Waals surface area contributed by atoms with Gasteiger partial charge in [0.1, 0.15) is 11.3 Å². The quantitative estimate of drug-likeness (QED) is 0.323. The van der Waals surface area contributed by atoms with Gasteiger partial charge < -0.3 is 4.57 Å². The second kappa shape index (κ2) is 5.34. The fourth-order valence-corrected chi connectivity index (χ4v) is 2.91. The largest absolute Gasteiger partial charge is 0.416 e. The van der Waals surface area contributed by atoms with Crippen molar-refractivity contribution in [2.45, 2.75) is 6.18 Å². The van der Waals surface area contributed by atoms with Gasteiger partial charge in [-0.1, -0.05) is 23.7 Å². The van der Waals surface area contributed by atoms with E-state index in [2.05, 4.69) is 15.0 Å². The van der Waals surface area contributed by atoms with Crippen LogP contribution in [0.4, 0.5) is 13.2 Å². The van der Waals surface area contributed by atoms with Crippen LogP contribution in [-0.2, 0) is 13.2 Å². The van der Waals surface area contributed by atoms with E-state index in [1.165, 1.54) is 6.07 Å². The molecule has 2 heterocycles. The van der Waals surface area contributed by atoms with Crippen LogP contribution < -0.4 is 0 Å². The number of hydrogen-bond donors (Lipinski definition) is 0. The summed E-state index contributed by atoms with van der Waals surface area (Å²) in [6, 6.07) is 4.96. The third kappa shape index (κ3) is 2.65. The Balaban J connectivity index is 2.23. The summed E-state index contributed by atoms with van der Waals surface area (Å²) in [4.78, 5) is 12.5. The van der Waals surface area contributed by atoms with Crippen molar-refractivity contribution in [3.63, 3.8) is 0 Å². The average molecular weight is 439 g/mol. The van der Waals surface area contributed by atoms with Gasteiger partial charge >= 0.3 is 6.18 Å². The minimum Gasteiger partial charge on any atom is -0.312 e. The number of aryl methyl sites for hydroxylation is 1. The fraction of sp³-hybridized carbons (Fsp3) is 0.154. The Morgan fingerprint density at radius 2 is 1.91 bits per heavy atom. The van der Waals surface area contributed by atoms with Crippen molar-refractivity contribution >= 4 is 45.4 Å². The van der Waals surface area contributed by atoms with Gasteiger partial charge in [0.05, 0.1) is 5.56 Å². The van der Waals surface area contributed by atoms with Crippen molar-refractivity contribution in [1.82, 2.24) is 19.5 Å². The van der Waals surface area contributed by atoms with Crippen LogP contribution in [-0.4, -0.2) is 19.5 Å². The van der Waals surface area contributed by atoms with Crippen molar-refractivity contribution < 1.29 is 13.2 Å². The minimum absolute atomic E-state index is 0.170. The topological polar surface area (TPSA) is 43.6 Å². The maximum Gasteiger partial charge on any atom is 0.416 e. The molecule has 0 saturated heterocycles. The van der Waals surface area contributed by atoms with Crippen molar-refractivity contribution in [2.75, 3.05) is 0 Å². The molecule has 1 aromatic carbocycles. The van der Waals surface area contributed by atoms with Gasteiger partial charge in [-0.15, -0.1) is 0 Å². The monoisotopic (exact) mass is 438 g/mol. The SMILES string of the molecule is Cn1c(-c2cccc(C(F)(F)F)c2)nc2c(Cl)nc(I)nc21. The highest BCUT2D eigenvalue weighted by Gasteiger charge is 2.30. The van der Waals surface area contributed by atoms with Crippen molar-refractivity contribution in [3.8, 4) is 11.4 Å². The number of alkyl halides is 3. The third-order valence-electron chi connectivity index (χ3n) is 3.10. The Hall–Kier alpha value is -1.42. The Kier molecular flexibility index (Phi) is 3.76. The predicted molar refractivity (Wildman–Crippen MR) is 84.5 cm³/mol. The van der Waals surface area contributed by atoms with Crippen LogP contribution in [0.3, 0.4) is 0 Å². The molecule has 0 bridgehead atoms. The van der Waals surface area contributed by atoms with Gasteiger partial charge in [-0.3, -0.25) is 0 Å². The number of rotatable bonds is 1. The van der Waals surface area contributed by atoms with E-state index in [4.69, 9.17) is 11.6 Å². The normalized spacial score (nSPS) is 12.1. The Labute approximate surface area is 141 Å². The summed E-state index contributed by atoms with van der Waals surface area (Å²) in [6.45, 7) is 0. The van der Waals surface area contributed by atoms with Crippen LogP contribution in [0.1, 0.15) is 5.56 Å². The molecule has 0 spiro atoms. The summed E-state index contributed by atoms with van der Waals surface area (Å²) < 4.78 is 40.5. The molecular formula is C13H7ClF3IN4. The first-order chi connectivity index (χ1) is 10.3. The highest BCUT2D eigenvalue weighted by atomic mass is 127. The summed E-state index contributed by atoms with van der Waals surface area (Å²) in [5.74, 6) is 0.347. The molecule has 114 valence electrons. The maximum atomic E-state index is 12.8. The Morgan fingerprint density at radius 3 is 2.59 bits per heavy atom. The van der Waals surface area contributed by atoms with Crippen LogP contribution in [0.5, 0.6) is 0 Å². The number of benzene rings is 1. The van der Waals surface area contributed by atoms with Crippen LogP contribution >= 0.6 is 34.2 Å². The zero-order valence-corrected chi connectivity index (χ0v) is 13.9. The summed E-state index contributed by atoms with van der Waals surface area (Å²) in [5.41, 5.74) is 0.430. The third-order valence-corrected chi connectivity index (χ3v) is 3.84. The zero-order chi connectivity index (χ0) is 16.1. The molecule has 0 aliphatic rings. The van der Waals surface area contributed by atoms with E-state index >= 15 is 0 Å². The minimum atomic E-state index is -4.41. The molecule has 0 fully saturated rings. The van der Waals surface area contributed by atoms with Gasteiger partial charge in [-0.2, -0.15) is 13.2 Å². The molecule has 4 nitrogen and oxygen atoms in total. The lowest BCUT2D eigenvalue weighted by molar-refractivity contribution is -0.137. The molecule has 0 radical (unpaired) electrons. The number of nitrogens with zero attached hydrogens (tertiary/aromatic N) is 4. The number of aromatic nitrogens is 4. The second-order valence-corrected chi connectivity index (χ2v) is 5.85. The number of fused-ring (bicyclic) bond motifs is 1. The first-order valence-electron chi connectivity index (χ1n) is 6.00. The Bertz CT molecular complexity index is 876. The lowest BCUT2D eigenvalue weighted by Crippen LogP contribution is -2.05. The Morgan fingerprint density at radius 1 is 1.18 bits per heavy atom. The molecule has 0 atom stereocenters. The van der Waals surface area contributed by atoms with E-state index in [-0.39, 0.29) is 5.15 Å². The molecule has 0 aliphatic carbocycles. The summed E-state index contributed by atoms with van der Waals surface area (Å²) in [5, 5.41) is 0.170. The molecule has 0 amide bonds. The van der Waals surface area contributed by atoms with E-state index in [1.807, 2.05) is 22.6 Å². The number of imidazole rings is 1. The molecule has 0 aliphatic heterocycles. The summed E-state index contributed by atoms with van der Waals surface area (Å²) in [7, 11) is 1.67. The van der Waals surface area contributed by atoms with Crippen LogP contribution in [0.15, 0.2) is 24.3 Å².